The molecule has 0 aliphatic carbocycles. The normalized spacial score (nSPS) is 17.3. The van der Waals surface area contributed by atoms with E-state index in [2.05, 4.69) is 5.32 Å². The van der Waals surface area contributed by atoms with Crippen molar-refractivity contribution in [3.05, 3.63) is 90.1 Å². The highest BCUT2D eigenvalue weighted by Crippen LogP contribution is 2.34. The Bertz CT molecular complexity index is 1480. The number of carbonyl (C=O) groups is 1. The van der Waals surface area contributed by atoms with Gasteiger partial charge >= 0.3 is 0 Å². The third kappa shape index (κ3) is 4.14. The Balaban J connectivity index is 1.60. The fourth-order valence-corrected chi connectivity index (χ4v) is 5.93. The first kappa shape index (κ1) is 21.3. The quantitative estimate of drug-likeness (QED) is 0.482. The van der Waals surface area contributed by atoms with Gasteiger partial charge in [0.1, 0.15) is 11.6 Å². The molecule has 1 saturated heterocycles. The molecule has 3 aromatic carbocycles. The van der Waals surface area contributed by atoms with Gasteiger partial charge in [0.25, 0.3) is 5.91 Å². The molecule has 1 fully saturated rings. The molecule has 1 aliphatic heterocycles. The zero-order valence-electron chi connectivity index (χ0n) is 17.5. The van der Waals surface area contributed by atoms with Crippen molar-refractivity contribution in [3.63, 3.8) is 0 Å². The number of hydrogen-bond acceptors (Lipinski definition) is 3. The fourth-order valence-electron chi connectivity index (χ4n) is 4.26. The van der Waals surface area contributed by atoms with Gasteiger partial charge in [0, 0.05) is 40.0 Å². The van der Waals surface area contributed by atoms with Crippen LogP contribution >= 0.6 is 0 Å². The topological polar surface area (TPSA) is 68.2 Å². The van der Waals surface area contributed by atoms with Crippen LogP contribution in [-0.2, 0) is 9.84 Å². The first-order valence-corrected chi connectivity index (χ1v) is 12.3. The Labute approximate surface area is 189 Å². The number of halogens is 2. The van der Waals surface area contributed by atoms with Crippen LogP contribution in [0.2, 0.25) is 0 Å². The average molecular weight is 467 g/mol. The van der Waals surface area contributed by atoms with Crippen LogP contribution in [0, 0.1) is 11.6 Å². The lowest BCUT2D eigenvalue weighted by molar-refractivity contribution is 0.0941. The zero-order valence-corrected chi connectivity index (χ0v) is 18.3. The maximum absolute atomic E-state index is 14.6. The Hall–Kier alpha value is -3.52. The van der Waals surface area contributed by atoms with E-state index < -0.39 is 15.9 Å². The summed E-state index contributed by atoms with van der Waals surface area (Å²) < 4.78 is 53.3. The summed E-state index contributed by atoms with van der Waals surface area (Å²) in [5.41, 5.74) is 2.71. The van der Waals surface area contributed by atoms with Crippen LogP contribution < -0.4 is 5.32 Å². The zero-order chi connectivity index (χ0) is 23.2. The summed E-state index contributed by atoms with van der Waals surface area (Å²) in [6.45, 7) is 0. The highest BCUT2D eigenvalue weighted by atomic mass is 32.2. The van der Waals surface area contributed by atoms with E-state index in [1.54, 1.807) is 59.3 Å². The van der Waals surface area contributed by atoms with Crippen LogP contribution in [0.5, 0.6) is 0 Å². The number of nitrogens with one attached hydrogen (secondary N) is 1. The maximum atomic E-state index is 14.6. The van der Waals surface area contributed by atoms with Crippen molar-refractivity contribution in [1.29, 1.82) is 0 Å². The lowest BCUT2D eigenvalue weighted by Crippen LogP contribution is -2.35. The van der Waals surface area contributed by atoms with Crippen molar-refractivity contribution in [2.24, 2.45) is 0 Å². The summed E-state index contributed by atoms with van der Waals surface area (Å²) in [7, 11) is -3.12. The molecule has 0 saturated carbocycles. The molecule has 168 valence electrons. The van der Waals surface area contributed by atoms with E-state index in [9.17, 15) is 22.0 Å². The van der Waals surface area contributed by atoms with Gasteiger partial charge in [0.2, 0.25) is 0 Å². The van der Waals surface area contributed by atoms with E-state index in [1.807, 2.05) is 0 Å². The molecular weight excluding hydrogens is 446 g/mol. The monoisotopic (exact) mass is 466 g/mol. The predicted molar refractivity (Wildman–Crippen MR) is 123 cm³/mol. The van der Waals surface area contributed by atoms with Crippen molar-refractivity contribution in [1.82, 2.24) is 9.88 Å². The van der Waals surface area contributed by atoms with E-state index >= 15 is 0 Å². The van der Waals surface area contributed by atoms with Gasteiger partial charge in [-0.25, -0.2) is 17.2 Å². The van der Waals surface area contributed by atoms with E-state index in [0.29, 0.717) is 34.3 Å². The Morgan fingerprint density at radius 1 is 0.970 bits per heavy atom. The number of rotatable bonds is 4. The van der Waals surface area contributed by atoms with E-state index in [4.69, 9.17) is 0 Å². The maximum Gasteiger partial charge on any atom is 0.251 e. The summed E-state index contributed by atoms with van der Waals surface area (Å²) in [4.78, 5) is 12.9. The molecule has 33 heavy (non-hydrogen) atoms. The fraction of sp³-hybridized carbons (Fsp3) is 0.160. The molecule has 1 aromatic heterocycles. The SMILES string of the molecule is O=C(NC1CCS(=O)(=O)C1)c1ccc2c(-c3ccccc3F)cn(-c3ccc(F)cc3)c2c1. The summed E-state index contributed by atoms with van der Waals surface area (Å²) in [5, 5.41) is 3.52. The predicted octanol–water partition coefficient (Wildman–Crippen LogP) is 4.49. The number of amides is 1. The summed E-state index contributed by atoms with van der Waals surface area (Å²) >= 11 is 0. The molecule has 1 N–H and O–H groups in total. The molecule has 1 unspecified atom stereocenters. The van der Waals surface area contributed by atoms with Gasteiger partial charge in [-0.3, -0.25) is 4.79 Å². The van der Waals surface area contributed by atoms with Crippen molar-refractivity contribution in [2.45, 2.75) is 12.5 Å². The largest absolute Gasteiger partial charge is 0.348 e. The molecule has 1 aliphatic rings. The molecule has 0 bridgehead atoms. The number of carbonyl (C=O) groups excluding carboxylic acids is 1. The molecule has 8 heteroatoms. The number of hydrogen-bond donors (Lipinski definition) is 1. The van der Waals surface area contributed by atoms with Crippen LogP contribution in [0.25, 0.3) is 27.7 Å². The van der Waals surface area contributed by atoms with Gasteiger partial charge < -0.3 is 9.88 Å². The molecule has 1 atom stereocenters. The van der Waals surface area contributed by atoms with Crippen LogP contribution in [0.1, 0.15) is 16.8 Å². The lowest BCUT2D eigenvalue weighted by Gasteiger charge is -2.12. The van der Waals surface area contributed by atoms with Gasteiger partial charge in [-0.05, 0) is 48.9 Å². The minimum absolute atomic E-state index is 0.0651. The molecule has 1 amide bonds. The van der Waals surface area contributed by atoms with Gasteiger partial charge in [-0.2, -0.15) is 0 Å². The molecule has 2 heterocycles. The number of benzene rings is 3. The molecule has 5 nitrogen and oxygen atoms in total. The minimum Gasteiger partial charge on any atom is -0.348 e. The van der Waals surface area contributed by atoms with E-state index in [-0.39, 0.29) is 29.0 Å². The summed E-state index contributed by atoms with van der Waals surface area (Å²) in [6.07, 6.45) is 2.15. The Morgan fingerprint density at radius 3 is 2.42 bits per heavy atom. The summed E-state index contributed by atoms with van der Waals surface area (Å²) in [5.74, 6) is -1.13. The molecule has 5 rings (SSSR count). The van der Waals surface area contributed by atoms with Gasteiger partial charge in [-0.15, -0.1) is 0 Å². The first-order chi connectivity index (χ1) is 15.8. The van der Waals surface area contributed by atoms with Crippen molar-refractivity contribution < 1.29 is 22.0 Å². The highest BCUT2D eigenvalue weighted by Gasteiger charge is 2.29. The highest BCUT2D eigenvalue weighted by molar-refractivity contribution is 7.91. The first-order valence-electron chi connectivity index (χ1n) is 10.5. The second kappa shape index (κ2) is 8.12. The Morgan fingerprint density at radius 2 is 1.73 bits per heavy atom. The number of sulfone groups is 1. The number of fused-ring (bicyclic) bond motifs is 1. The number of nitrogens with zero attached hydrogens (tertiary/aromatic N) is 1. The Kier molecular flexibility index (Phi) is 5.25. The molecular formula is C25H20F2N2O3S. The van der Waals surface area contributed by atoms with Crippen LogP contribution in [-0.4, -0.2) is 36.4 Å². The second-order valence-electron chi connectivity index (χ2n) is 8.17. The van der Waals surface area contributed by atoms with Crippen LogP contribution in [0.4, 0.5) is 8.78 Å². The smallest absolute Gasteiger partial charge is 0.251 e. The third-order valence-electron chi connectivity index (χ3n) is 5.90. The van der Waals surface area contributed by atoms with Crippen LogP contribution in [0.15, 0.2) is 72.9 Å². The van der Waals surface area contributed by atoms with Crippen molar-refractivity contribution in [2.75, 3.05) is 11.5 Å². The molecule has 0 spiro atoms. The van der Waals surface area contributed by atoms with Gasteiger partial charge in [0.05, 0.1) is 17.0 Å². The number of aromatic nitrogens is 1. The van der Waals surface area contributed by atoms with Gasteiger partial charge in [-0.1, -0.05) is 24.3 Å². The summed E-state index contributed by atoms with van der Waals surface area (Å²) in [6, 6.07) is 17.0. The standard InChI is InChI=1S/C25H20F2N2O3S/c26-17-6-8-19(9-7-17)29-14-22(20-3-1-2-4-23(20)27)21-10-5-16(13-24(21)29)25(30)28-18-11-12-33(31,32)15-18/h1-10,13-14,18H,11-12,15H2,(H,28,30). The molecule has 0 radical (unpaired) electrons. The van der Waals surface area contributed by atoms with Crippen molar-refractivity contribution >= 4 is 26.6 Å². The van der Waals surface area contributed by atoms with E-state index in [0.717, 1.165) is 5.39 Å². The van der Waals surface area contributed by atoms with Crippen LogP contribution in [0.3, 0.4) is 0 Å². The van der Waals surface area contributed by atoms with E-state index in [1.165, 1.54) is 18.2 Å². The van der Waals surface area contributed by atoms with Gasteiger partial charge in [0.15, 0.2) is 9.84 Å². The minimum atomic E-state index is -3.12. The van der Waals surface area contributed by atoms with Crippen molar-refractivity contribution in [3.8, 4) is 16.8 Å². The molecule has 4 aromatic rings. The lowest BCUT2D eigenvalue weighted by atomic mass is 10.0. The second-order valence-corrected chi connectivity index (χ2v) is 10.4. The average Bonchev–Trinajstić information content (AvgIpc) is 3.33. The third-order valence-corrected chi connectivity index (χ3v) is 7.67.